The molecule has 5 nitrogen and oxygen atoms in total. The molecule has 0 saturated carbocycles. The Balaban J connectivity index is 1.89. The van der Waals surface area contributed by atoms with Gasteiger partial charge in [-0.05, 0) is 38.8 Å². The number of hydrogen-bond donors (Lipinski definition) is 1. The lowest BCUT2D eigenvalue weighted by molar-refractivity contribution is 0.0938. The first-order valence-corrected chi connectivity index (χ1v) is 9.62. The lowest BCUT2D eigenvalue weighted by Gasteiger charge is -2.15. The van der Waals surface area contributed by atoms with Crippen LogP contribution in [0.1, 0.15) is 65.0 Å². The minimum absolute atomic E-state index is 0.118. The molecular weight excluding hydrogens is 344 g/mol. The number of aromatic nitrogens is 3. The average Bonchev–Trinajstić information content (AvgIpc) is 3.22. The predicted molar refractivity (Wildman–Crippen MR) is 105 cm³/mol. The first-order chi connectivity index (χ1) is 12.4. The Morgan fingerprint density at radius 2 is 1.85 bits per heavy atom. The van der Waals surface area contributed by atoms with Crippen molar-refractivity contribution >= 4 is 17.2 Å². The number of rotatable bonds is 5. The van der Waals surface area contributed by atoms with Gasteiger partial charge in [0.1, 0.15) is 5.01 Å². The van der Waals surface area contributed by atoms with Crippen molar-refractivity contribution in [2.75, 3.05) is 0 Å². The molecule has 0 saturated heterocycles. The summed E-state index contributed by atoms with van der Waals surface area (Å²) in [6.45, 7) is 10.1. The molecule has 0 bridgehead atoms. The lowest BCUT2D eigenvalue weighted by Crippen LogP contribution is -2.27. The van der Waals surface area contributed by atoms with Crippen LogP contribution in [0.15, 0.2) is 35.8 Å². The van der Waals surface area contributed by atoms with E-state index >= 15 is 0 Å². The summed E-state index contributed by atoms with van der Waals surface area (Å²) in [5, 5.41) is 10.4. The highest BCUT2D eigenvalue weighted by atomic mass is 32.1. The number of thiazole rings is 1. The zero-order valence-electron chi connectivity index (χ0n) is 15.8. The van der Waals surface area contributed by atoms with Crippen molar-refractivity contribution in [3.8, 4) is 5.69 Å². The van der Waals surface area contributed by atoms with Crippen molar-refractivity contribution in [2.24, 2.45) is 0 Å². The molecule has 136 valence electrons. The molecule has 6 heteroatoms. The van der Waals surface area contributed by atoms with Gasteiger partial charge in [0.05, 0.1) is 29.2 Å². The van der Waals surface area contributed by atoms with Gasteiger partial charge < -0.3 is 5.32 Å². The zero-order chi connectivity index (χ0) is 18.8. The van der Waals surface area contributed by atoms with Crippen molar-refractivity contribution in [2.45, 2.75) is 46.6 Å². The molecule has 2 heterocycles. The van der Waals surface area contributed by atoms with Gasteiger partial charge in [-0.15, -0.1) is 11.3 Å². The Hall–Kier alpha value is -2.47. The zero-order valence-corrected chi connectivity index (χ0v) is 16.6. The number of carbonyl (C=O) groups is 1. The van der Waals surface area contributed by atoms with Crippen molar-refractivity contribution < 1.29 is 4.79 Å². The maximum atomic E-state index is 12.9. The van der Waals surface area contributed by atoms with E-state index in [1.165, 1.54) is 5.56 Å². The van der Waals surface area contributed by atoms with E-state index in [0.717, 1.165) is 22.1 Å². The van der Waals surface area contributed by atoms with Crippen LogP contribution in [0.5, 0.6) is 0 Å². The minimum Gasteiger partial charge on any atom is -0.343 e. The Labute approximate surface area is 158 Å². The average molecular weight is 369 g/mol. The summed E-state index contributed by atoms with van der Waals surface area (Å²) < 4.78 is 1.86. The van der Waals surface area contributed by atoms with Crippen LogP contribution in [0.25, 0.3) is 5.69 Å². The third-order valence-electron chi connectivity index (χ3n) is 4.23. The van der Waals surface area contributed by atoms with Crippen LogP contribution in [0.4, 0.5) is 0 Å². The van der Waals surface area contributed by atoms with E-state index in [-0.39, 0.29) is 17.9 Å². The Kier molecular flexibility index (Phi) is 5.23. The van der Waals surface area contributed by atoms with E-state index < -0.39 is 0 Å². The molecule has 0 radical (unpaired) electrons. The normalized spacial score (nSPS) is 12.4. The molecule has 0 aliphatic rings. The van der Waals surface area contributed by atoms with Gasteiger partial charge in [-0.3, -0.25) is 4.79 Å². The van der Waals surface area contributed by atoms with Crippen LogP contribution in [0, 0.1) is 13.8 Å². The summed E-state index contributed by atoms with van der Waals surface area (Å²) in [6.07, 6.45) is 1.66. The predicted octanol–water partition coefficient (Wildman–Crippen LogP) is 4.56. The minimum atomic E-state index is -0.135. The highest BCUT2D eigenvalue weighted by Gasteiger charge is 2.23. The van der Waals surface area contributed by atoms with Crippen LogP contribution in [-0.4, -0.2) is 20.7 Å². The second kappa shape index (κ2) is 7.41. The van der Waals surface area contributed by atoms with Crippen LogP contribution in [-0.2, 0) is 0 Å². The van der Waals surface area contributed by atoms with Crippen molar-refractivity contribution in [3.63, 3.8) is 0 Å². The summed E-state index contributed by atoms with van der Waals surface area (Å²) in [7, 11) is 0. The lowest BCUT2D eigenvalue weighted by atomic mass is 10.0. The number of nitrogens with zero attached hydrogens (tertiary/aromatic N) is 3. The monoisotopic (exact) mass is 368 g/mol. The third kappa shape index (κ3) is 3.70. The molecule has 0 unspecified atom stereocenters. The highest BCUT2D eigenvalue weighted by Crippen LogP contribution is 2.24. The topological polar surface area (TPSA) is 59.8 Å². The fraction of sp³-hybridized carbons (Fsp3) is 0.350. The molecule has 0 aliphatic carbocycles. The fourth-order valence-electron chi connectivity index (χ4n) is 2.89. The van der Waals surface area contributed by atoms with Gasteiger partial charge >= 0.3 is 0 Å². The summed E-state index contributed by atoms with van der Waals surface area (Å²) in [5.41, 5.74) is 4.65. The maximum absolute atomic E-state index is 12.9. The third-order valence-corrected chi connectivity index (χ3v) is 5.38. The van der Waals surface area contributed by atoms with Crippen LogP contribution >= 0.6 is 11.3 Å². The second-order valence-electron chi connectivity index (χ2n) is 6.87. The molecule has 1 atom stereocenters. The molecule has 1 amide bonds. The van der Waals surface area contributed by atoms with Crippen LogP contribution in [0.3, 0.4) is 0 Å². The van der Waals surface area contributed by atoms with Gasteiger partial charge in [-0.25, -0.2) is 9.67 Å². The Morgan fingerprint density at radius 3 is 2.42 bits per heavy atom. The molecule has 1 N–H and O–H groups in total. The van der Waals surface area contributed by atoms with E-state index in [4.69, 9.17) is 0 Å². The largest absolute Gasteiger partial charge is 0.343 e. The maximum Gasteiger partial charge on any atom is 0.255 e. The fourth-order valence-corrected chi connectivity index (χ4v) is 3.69. The highest BCUT2D eigenvalue weighted by molar-refractivity contribution is 7.09. The molecule has 0 fully saturated rings. The van der Waals surface area contributed by atoms with Gasteiger partial charge in [0.25, 0.3) is 5.91 Å². The Bertz CT molecular complexity index is 908. The standard InChI is InChI=1S/C20H24N4OS/c1-12(2)18-17(10-21-24(18)16-8-6-13(3)7-9-16)19(25)23-15(5)20-22-14(4)11-26-20/h6-12,15H,1-5H3,(H,23,25)/t15-/m0/s1. The number of aryl methyl sites for hydroxylation is 2. The van der Waals surface area contributed by atoms with Crippen LogP contribution < -0.4 is 5.32 Å². The number of benzene rings is 1. The van der Waals surface area contributed by atoms with E-state index in [1.807, 2.05) is 48.2 Å². The summed E-state index contributed by atoms with van der Waals surface area (Å²) in [5.74, 6) is 0.0457. The molecule has 3 rings (SSSR count). The van der Waals surface area contributed by atoms with Crippen molar-refractivity contribution in [3.05, 3.63) is 63.4 Å². The smallest absolute Gasteiger partial charge is 0.255 e. The second-order valence-corrected chi connectivity index (χ2v) is 7.76. The van der Waals surface area contributed by atoms with E-state index in [1.54, 1.807) is 17.5 Å². The van der Waals surface area contributed by atoms with Gasteiger partial charge in [-0.2, -0.15) is 5.10 Å². The molecule has 26 heavy (non-hydrogen) atoms. The van der Waals surface area contributed by atoms with Gasteiger partial charge in [0, 0.05) is 11.1 Å². The molecular formula is C20H24N4OS. The van der Waals surface area contributed by atoms with E-state index in [2.05, 4.69) is 36.2 Å². The molecule has 2 aromatic heterocycles. The number of nitrogens with one attached hydrogen (secondary N) is 1. The number of carbonyl (C=O) groups excluding carboxylic acids is 1. The molecule has 0 aliphatic heterocycles. The first kappa shape index (κ1) is 18.3. The van der Waals surface area contributed by atoms with Crippen LogP contribution in [0.2, 0.25) is 0 Å². The molecule has 3 aromatic rings. The molecule has 1 aromatic carbocycles. The van der Waals surface area contributed by atoms with Gasteiger partial charge in [0.15, 0.2) is 0 Å². The summed E-state index contributed by atoms with van der Waals surface area (Å²) in [6, 6.07) is 8.01. The van der Waals surface area contributed by atoms with Crippen molar-refractivity contribution in [1.82, 2.24) is 20.1 Å². The number of amides is 1. The summed E-state index contributed by atoms with van der Waals surface area (Å²) >= 11 is 1.56. The van der Waals surface area contributed by atoms with Gasteiger partial charge in [0.2, 0.25) is 0 Å². The van der Waals surface area contributed by atoms with E-state index in [0.29, 0.717) is 5.56 Å². The number of hydrogen-bond acceptors (Lipinski definition) is 4. The van der Waals surface area contributed by atoms with Crippen molar-refractivity contribution in [1.29, 1.82) is 0 Å². The summed E-state index contributed by atoms with van der Waals surface area (Å²) in [4.78, 5) is 17.3. The van der Waals surface area contributed by atoms with E-state index in [9.17, 15) is 4.79 Å². The SMILES string of the molecule is Cc1ccc(-n2ncc(C(=O)N[C@@H](C)c3nc(C)cs3)c2C(C)C)cc1. The first-order valence-electron chi connectivity index (χ1n) is 8.74. The van der Waals surface area contributed by atoms with Gasteiger partial charge in [-0.1, -0.05) is 31.5 Å². The Morgan fingerprint density at radius 1 is 1.15 bits per heavy atom. The molecule has 0 spiro atoms. The quantitative estimate of drug-likeness (QED) is 0.718.